The Morgan fingerprint density at radius 1 is 1.36 bits per heavy atom. The summed E-state index contributed by atoms with van der Waals surface area (Å²) in [5.41, 5.74) is 1.37. The summed E-state index contributed by atoms with van der Waals surface area (Å²) in [4.78, 5) is 22.7. The molecular formula is C15H14ClN2O4-. The minimum atomic E-state index is -1.46. The molecule has 116 valence electrons. The van der Waals surface area contributed by atoms with Gasteiger partial charge in [0.05, 0.1) is 24.5 Å². The molecule has 0 bridgehead atoms. The molecule has 1 aromatic heterocycles. The van der Waals surface area contributed by atoms with Crippen LogP contribution >= 0.6 is 11.6 Å². The molecule has 0 radical (unpaired) electrons. The summed E-state index contributed by atoms with van der Waals surface area (Å²) in [5, 5.41) is 15.8. The first kappa shape index (κ1) is 16.0. The van der Waals surface area contributed by atoms with Crippen LogP contribution in [0.3, 0.4) is 0 Å². The molecule has 0 saturated heterocycles. The fourth-order valence-corrected chi connectivity index (χ4v) is 2.07. The number of carboxylic acid groups (broad SMARTS) is 1. The van der Waals surface area contributed by atoms with Gasteiger partial charge < -0.3 is 14.6 Å². The second-order valence-corrected chi connectivity index (χ2v) is 5.03. The lowest BCUT2D eigenvalue weighted by Crippen LogP contribution is -2.38. The third-order valence-corrected chi connectivity index (χ3v) is 3.27. The van der Waals surface area contributed by atoms with Crippen LogP contribution in [-0.2, 0) is 20.7 Å². The standard InChI is InChI=1S/C15H15ClN2O4/c1-2-22-15(21)13(14(19)20)7-10-8-17-18(9-10)12-5-3-11(16)4-6-12/h3-6,8-9,13H,2,7H2,1H3,(H,19,20)/p-1. The fourth-order valence-electron chi connectivity index (χ4n) is 1.94. The second-order valence-electron chi connectivity index (χ2n) is 4.60. The zero-order chi connectivity index (χ0) is 16.1. The van der Waals surface area contributed by atoms with Crippen LogP contribution in [0, 0.1) is 5.92 Å². The Bertz CT molecular complexity index is 666. The predicted octanol–water partition coefficient (Wildman–Crippen LogP) is 0.997. The molecule has 0 aliphatic carbocycles. The van der Waals surface area contributed by atoms with Crippen molar-refractivity contribution in [3.05, 3.63) is 47.2 Å². The third kappa shape index (κ3) is 3.85. The molecule has 1 unspecified atom stereocenters. The highest BCUT2D eigenvalue weighted by molar-refractivity contribution is 6.30. The fraction of sp³-hybridized carbons (Fsp3) is 0.267. The number of benzene rings is 1. The van der Waals surface area contributed by atoms with Crippen molar-refractivity contribution in [2.45, 2.75) is 13.3 Å². The van der Waals surface area contributed by atoms with E-state index in [1.807, 2.05) is 0 Å². The zero-order valence-electron chi connectivity index (χ0n) is 11.9. The molecule has 6 nitrogen and oxygen atoms in total. The minimum absolute atomic E-state index is 0.0330. The number of carboxylic acids is 1. The van der Waals surface area contributed by atoms with Crippen molar-refractivity contribution in [3.63, 3.8) is 0 Å². The summed E-state index contributed by atoms with van der Waals surface area (Å²) in [6, 6.07) is 7.00. The molecule has 0 saturated carbocycles. The van der Waals surface area contributed by atoms with E-state index < -0.39 is 17.9 Å². The van der Waals surface area contributed by atoms with Crippen LogP contribution in [-0.4, -0.2) is 28.3 Å². The first-order valence-corrected chi connectivity index (χ1v) is 7.06. The highest BCUT2D eigenvalue weighted by Crippen LogP contribution is 2.15. The van der Waals surface area contributed by atoms with Crippen molar-refractivity contribution in [1.29, 1.82) is 0 Å². The van der Waals surface area contributed by atoms with E-state index in [2.05, 4.69) is 5.10 Å². The number of aliphatic carboxylic acids is 1. The van der Waals surface area contributed by atoms with Gasteiger partial charge in [0.1, 0.15) is 5.92 Å². The van der Waals surface area contributed by atoms with Crippen LogP contribution < -0.4 is 5.11 Å². The molecule has 22 heavy (non-hydrogen) atoms. The van der Waals surface area contributed by atoms with Crippen LogP contribution in [0.1, 0.15) is 12.5 Å². The normalized spacial score (nSPS) is 11.9. The van der Waals surface area contributed by atoms with Gasteiger partial charge in [0, 0.05) is 11.2 Å². The monoisotopic (exact) mass is 321 g/mol. The van der Waals surface area contributed by atoms with Crippen LogP contribution in [0.4, 0.5) is 0 Å². The van der Waals surface area contributed by atoms with E-state index in [-0.39, 0.29) is 13.0 Å². The van der Waals surface area contributed by atoms with E-state index in [0.29, 0.717) is 10.6 Å². The van der Waals surface area contributed by atoms with Crippen LogP contribution in [0.25, 0.3) is 5.69 Å². The van der Waals surface area contributed by atoms with E-state index in [0.717, 1.165) is 5.69 Å². The number of aromatic nitrogens is 2. The lowest BCUT2D eigenvalue weighted by molar-refractivity contribution is -0.310. The Morgan fingerprint density at radius 3 is 2.64 bits per heavy atom. The molecule has 2 rings (SSSR count). The number of carbonyl (C=O) groups excluding carboxylic acids is 2. The third-order valence-electron chi connectivity index (χ3n) is 3.02. The van der Waals surface area contributed by atoms with Gasteiger partial charge in [-0.15, -0.1) is 0 Å². The smallest absolute Gasteiger partial charge is 0.314 e. The number of esters is 1. The van der Waals surface area contributed by atoms with Gasteiger partial charge in [-0.05, 0) is 43.2 Å². The van der Waals surface area contributed by atoms with Gasteiger partial charge >= 0.3 is 5.97 Å². The molecule has 1 aromatic carbocycles. The van der Waals surface area contributed by atoms with Crippen molar-refractivity contribution >= 4 is 23.5 Å². The Morgan fingerprint density at radius 2 is 2.05 bits per heavy atom. The summed E-state index contributed by atoms with van der Waals surface area (Å²) in [6.07, 6.45) is 3.12. The number of ether oxygens (including phenoxy) is 1. The number of halogens is 1. The molecular weight excluding hydrogens is 308 g/mol. The van der Waals surface area contributed by atoms with Crippen molar-refractivity contribution in [1.82, 2.24) is 9.78 Å². The first-order valence-electron chi connectivity index (χ1n) is 6.68. The molecule has 1 heterocycles. The highest BCUT2D eigenvalue weighted by Gasteiger charge is 2.22. The number of carbonyl (C=O) groups is 2. The van der Waals surface area contributed by atoms with Gasteiger partial charge in [-0.25, -0.2) is 4.68 Å². The lowest BCUT2D eigenvalue weighted by Gasteiger charge is -2.15. The molecule has 0 fully saturated rings. The van der Waals surface area contributed by atoms with E-state index in [1.165, 1.54) is 6.20 Å². The Balaban J connectivity index is 2.15. The van der Waals surface area contributed by atoms with Crippen molar-refractivity contribution in [2.75, 3.05) is 6.61 Å². The van der Waals surface area contributed by atoms with Crippen LogP contribution in [0.2, 0.25) is 5.02 Å². The maximum Gasteiger partial charge on any atom is 0.314 e. The molecule has 0 N–H and O–H groups in total. The number of nitrogens with zero attached hydrogens (tertiary/aromatic N) is 2. The van der Waals surface area contributed by atoms with Gasteiger partial charge in [0.15, 0.2) is 0 Å². The zero-order valence-corrected chi connectivity index (χ0v) is 12.6. The average molecular weight is 322 g/mol. The molecule has 0 amide bonds. The second kappa shape index (κ2) is 7.09. The van der Waals surface area contributed by atoms with Gasteiger partial charge in [-0.2, -0.15) is 5.10 Å². The van der Waals surface area contributed by atoms with E-state index in [9.17, 15) is 14.7 Å². The molecule has 2 aromatic rings. The van der Waals surface area contributed by atoms with Gasteiger partial charge in [0.25, 0.3) is 0 Å². The maximum atomic E-state index is 11.6. The topological polar surface area (TPSA) is 84.2 Å². The molecule has 0 aliphatic heterocycles. The number of hydrogen-bond acceptors (Lipinski definition) is 5. The molecule has 1 atom stereocenters. The number of rotatable bonds is 6. The SMILES string of the molecule is CCOC(=O)C(Cc1cnn(-c2ccc(Cl)cc2)c1)C(=O)[O-]. The summed E-state index contributed by atoms with van der Waals surface area (Å²) >= 11 is 5.82. The lowest BCUT2D eigenvalue weighted by atomic mass is 10.0. The van der Waals surface area contributed by atoms with Crippen molar-refractivity contribution in [3.8, 4) is 5.69 Å². The average Bonchev–Trinajstić information content (AvgIpc) is 2.94. The summed E-state index contributed by atoms with van der Waals surface area (Å²) in [6.45, 7) is 1.73. The van der Waals surface area contributed by atoms with Gasteiger partial charge in [-0.3, -0.25) is 4.79 Å². The summed E-state index contributed by atoms with van der Waals surface area (Å²) < 4.78 is 6.31. The van der Waals surface area contributed by atoms with Crippen molar-refractivity contribution in [2.24, 2.45) is 5.92 Å². The quantitative estimate of drug-likeness (QED) is 0.585. The highest BCUT2D eigenvalue weighted by atomic mass is 35.5. The van der Waals surface area contributed by atoms with Gasteiger partial charge in [0.2, 0.25) is 0 Å². The van der Waals surface area contributed by atoms with Crippen molar-refractivity contribution < 1.29 is 19.4 Å². The first-order chi connectivity index (χ1) is 10.5. The van der Waals surface area contributed by atoms with Gasteiger partial charge in [-0.1, -0.05) is 11.6 Å². The van der Waals surface area contributed by atoms with E-state index >= 15 is 0 Å². The van der Waals surface area contributed by atoms with Crippen LogP contribution in [0.15, 0.2) is 36.7 Å². The largest absolute Gasteiger partial charge is 0.549 e. The summed E-state index contributed by atoms with van der Waals surface area (Å²) in [5.74, 6) is -3.61. The minimum Gasteiger partial charge on any atom is -0.549 e. The molecule has 0 spiro atoms. The Kier molecular flexibility index (Phi) is 5.16. The maximum absolute atomic E-state index is 11.6. The molecule has 7 heteroatoms. The Hall–Kier alpha value is -2.34. The molecule has 0 aliphatic rings. The number of hydrogen-bond donors (Lipinski definition) is 0. The Labute approximate surface area is 132 Å². The van der Waals surface area contributed by atoms with E-state index in [4.69, 9.17) is 16.3 Å². The predicted molar refractivity (Wildman–Crippen MR) is 77.4 cm³/mol. The van der Waals surface area contributed by atoms with E-state index in [1.54, 1.807) is 42.1 Å². The summed E-state index contributed by atoms with van der Waals surface area (Å²) in [7, 11) is 0. The van der Waals surface area contributed by atoms with Crippen LogP contribution in [0.5, 0.6) is 0 Å².